The number of benzene rings is 2. The van der Waals surface area contributed by atoms with Gasteiger partial charge in [0.2, 0.25) is 0 Å². The Kier molecular flexibility index (Phi) is 6.17. The molecule has 0 aliphatic rings. The number of rotatable bonds is 5. The summed E-state index contributed by atoms with van der Waals surface area (Å²) in [6, 6.07) is 8.57. The molecule has 24 heavy (non-hydrogen) atoms. The van der Waals surface area contributed by atoms with Gasteiger partial charge in [0.1, 0.15) is 5.82 Å². The molecule has 0 bridgehead atoms. The molecule has 0 unspecified atom stereocenters. The fourth-order valence-electron chi connectivity index (χ4n) is 2.03. The fourth-order valence-corrected chi connectivity index (χ4v) is 2.32. The maximum Gasteiger partial charge on any atom is 0.251 e. The summed E-state index contributed by atoms with van der Waals surface area (Å²) in [6.45, 7) is 2.15. The predicted molar refractivity (Wildman–Crippen MR) is 92.3 cm³/mol. The number of nitrogens with one attached hydrogen (secondary N) is 2. The zero-order valence-electron chi connectivity index (χ0n) is 12.8. The molecule has 0 fully saturated rings. The van der Waals surface area contributed by atoms with Gasteiger partial charge in [-0.05, 0) is 42.8 Å². The monoisotopic (exact) mass is 368 g/mol. The van der Waals surface area contributed by atoms with Crippen LogP contribution in [0.2, 0.25) is 10.0 Å². The summed E-state index contributed by atoms with van der Waals surface area (Å²) in [5, 5.41) is 5.93. The second kappa shape index (κ2) is 8.13. The van der Waals surface area contributed by atoms with E-state index in [1.54, 1.807) is 13.0 Å². The van der Waals surface area contributed by atoms with Crippen molar-refractivity contribution in [2.75, 3.05) is 13.1 Å². The molecule has 2 aromatic rings. The second-order valence-electron chi connectivity index (χ2n) is 5.10. The lowest BCUT2D eigenvalue weighted by Gasteiger charge is -2.09. The number of hydrogen-bond acceptors (Lipinski definition) is 2. The first kappa shape index (κ1) is 18.2. The summed E-state index contributed by atoms with van der Waals surface area (Å²) >= 11 is 11.6. The predicted octanol–water partition coefficient (Wildman–Crippen LogP) is 3.60. The van der Waals surface area contributed by atoms with Crippen LogP contribution in [0.5, 0.6) is 0 Å². The van der Waals surface area contributed by atoms with Gasteiger partial charge in [0, 0.05) is 24.2 Å². The van der Waals surface area contributed by atoms with Crippen molar-refractivity contribution in [2.24, 2.45) is 0 Å². The number of halogens is 3. The van der Waals surface area contributed by atoms with Crippen LogP contribution in [-0.2, 0) is 0 Å². The van der Waals surface area contributed by atoms with E-state index in [1.165, 1.54) is 30.3 Å². The highest BCUT2D eigenvalue weighted by atomic mass is 35.5. The topological polar surface area (TPSA) is 58.2 Å². The number of hydrogen-bond donors (Lipinski definition) is 2. The lowest BCUT2D eigenvalue weighted by Crippen LogP contribution is -2.35. The normalized spacial score (nSPS) is 10.3. The first-order valence-electron chi connectivity index (χ1n) is 7.16. The maximum absolute atomic E-state index is 13.2. The Bertz CT molecular complexity index is 781. The Morgan fingerprint density at radius 3 is 2.29 bits per heavy atom. The highest BCUT2D eigenvalue weighted by Gasteiger charge is 2.10. The Hall–Kier alpha value is -2.11. The summed E-state index contributed by atoms with van der Waals surface area (Å²) in [5.41, 5.74) is 1.32. The van der Waals surface area contributed by atoms with Gasteiger partial charge < -0.3 is 10.6 Å². The molecule has 0 radical (unpaired) electrons. The summed E-state index contributed by atoms with van der Waals surface area (Å²) in [7, 11) is 0. The average molecular weight is 369 g/mol. The molecule has 2 amide bonds. The molecular weight excluding hydrogens is 354 g/mol. The molecule has 0 aliphatic heterocycles. The van der Waals surface area contributed by atoms with E-state index in [4.69, 9.17) is 23.2 Å². The quantitative estimate of drug-likeness (QED) is 0.792. The fraction of sp³-hybridized carbons (Fsp3) is 0.176. The molecule has 7 heteroatoms. The van der Waals surface area contributed by atoms with E-state index in [2.05, 4.69) is 10.6 Å². The van der Waals surface area contributed by atoms with Crippen molar-refractivity contribution in [1.29, 1.82) is 0 Å². The number of aryl methyl sites for hydroxylation is 1. The van der Waals surface area contributed by atoms with Gasteiger partial charge in [0.05, 0.1) is 10.0 Å². The third-order valence-corrected chi connectivity index (χ3v) is 4.06. The summed E-state index contributed by atoms with van der Waals surface area (Å²) in [4.78, 5) is 23.9. The van der Waals surface area contributed by atoms with Crippen molar-refractivity contribution < 1.29 is 14.0 Å². The molecule has 2 N–H and O–H groups in total. The van der Waals surface area contributed by atoms with Crippen molar-refractivity contribution in [3.05, 3.63) is 69.0 Å². The van der Waals surface area contributed by atoms with Gasteiger partial charge in [-0.1, -0.05) is 29.3 Å². The molecule has 126 valence electrons. The van der Waals surface area contributed by atoms with Gasteiger partial charge in [-0.15, -0.1) is 0 Å². The van der Waals surface area contributed by atoms with E-state index in [0.29, 0.717) is 21.2 Å². The molecule has 0 aromatic heterocycles. The van der Waals surface area contributed by atoms with Gasteiger partial charge in [-0.3, -0.25) is 9.59 Å². The van der Waals surface area contributed by atoms with Gasteiger partial charge in [-0.2, -0.15) is 0 Å². The van der Waals surface area contributed by atoms with Crippen LogP contribution in [0.3, 0.4) is 0 Å². The standard InChI is InChI=1S/C17H15Cl2FN2O2/c1-10-2-4-12(20)9-13(10)17(24)22-7-6-21-16(23)11-3-5-14(18)15(19)8-11/h2-5,8-9H,6-7H2,1H3,(H,21,23)(H,22,24). The highest BCUT2D eigenvalue weighted by Crippen LogP contribution is 2.22. The molecule has 2 rings (SSSR count). The Labute approximate surface area is 149 Å². The minimum atomic E-state index is -0.473. The van der Waals surface area contributed by atoms with Crippen LogP contribution in [0.15, 0.2) is 36.4 Å². The van der Waals surface area contributed by atoms with Gasteiger partial charge >= 0.3 is 0 Å². The van der Waals surface area contributed by atoms with Crippen LogP contribution in [0.1, 0.15) is 26.3 Å². The van der Waals surface area contributed by atoms with Crippen LogP contribution in [0.4, 0.5) is 4.39 Å². The molecule has 0 saturated carbocycles. The van der Waals surface area contributed by atoms with E-state index < -0.39 is 11.7 Å². The first-order valence-corrected chi connectivity index (χ1v) is 7.91. The van der Waals surface area contributed by atoms with Gasteiger partial charge in [0.25, 0.3) is 11.8 Å². The van der Waals surface area contributed by atoms with Crippen LogP contribution in [-0.4, -0.2) is 24.9 Å². The minimum absolute atomic E-state index is 0.210. The van der Waals surface area contributed by atoms with Crippen LogP contribution in [0.25, 0.3) is 0 Å². The van der Waals surface area contributed by atoms with Crippen molar-refractivity contribution in [3.63, 3.8) is 0 Å². The third-order valence-electron chi connectivity index (χ3n) is 3.32. The summed E-state index contributed by atoms with van der Waals surface area (Å²) < 4.78 is 13.2. The zero-order valence-corrected chi connectivity index (χ0v) is 14.3. The second-order valence-corrected chi connectivity index (χ2v) is 5.91. The van der Waals surface area contributed by atoms with Crippen molar-refractivity contribution in [1.82, 2.24) is 10.6 Å². The van der Waals surface area contributed by atoms with Crippen molar-refractivity contribution in [3.8, 4) is 0 Å². The van der Waals surface area contributed by atoms with Gasteiger partial charge in [0.15, 0.2) is 0 Å². The first-order chi connectivity index (χ1) is 11.4. The van der Waals surface area contributed by atoms with Crippen LogP contribution in [0, 0.1) is 12.7 Å². The van der Waals surface area contributed by atoms with E-state index >= 15 is 0 Å². The Morgan fingerprint density at radius 2 is 1.62 bits per heavy atom. The molecule has 0 spiro atoms. The smallest absolute Gasteiger partial charge is 0.251 e. The van der Waals surface area contributed by atoms with Crippen molar-refractivity contribution >= 4 is 35.0 Å². The lowest BCUT2D eigenvalue weighted by molar-refractivity contribution is 0.0927. The molecule has 4 nitrogen and oxygen atoms in total. The molecule has 0 aliphatic carbocycles. The molecule has 0 saturated heterocycles. The molecule has 0 heterocycles. The molecule has 2 aromatic carbocycles. The molecular formula is C17H15Cl2FN2O2. The zero-order chi connectivity index (χ0) is 17.7. The van der Waals surface area contributed by atoms with E-state index in [9.17, 15) is 14.0 Å². The molecule has 0 atom stereocenters. The maximum atomic E-state index is 13.2. The number of carbonyl (C=O) groups excluding carboxylic acids is 2. The third kappa shape index (κ3) is 4.69. The van der Waals surface area contributed by atoms with E-state index in [1.807, 2.05) is 0 Å². The summed E-state index contributed by atoms with van der Waals surface area (Å²) in [5.74, 6) is -1.20. The SMILES string of the molecule is Cc1ccc(F)cc1C(=O)NCCNC(=O)c1ccc(Cl)c(Cl)c1. The van der Waals surface area contributed by atoms with E-state index in [-0.39, 0.29) is 24.6 Å². The lowest BCUT2D eigenvalue weighted by atomic mass is 10.1. The van der Waals surface area contributed by atoms with Crippen molar-refractivity contribution in [2.45, 2.75) is 6.92 Å². The van der Waals surface area contributed by atoms with Gasteiger partial charge in [-0.25, -0.2) is 4.39 Å². The largest absolute Gasteiger partial charge is 0.350 e. The van der Waals surface area contributed by atoms with Crippen LogP contribution < -0.4 is 10.6 Å². The Morgan fingerprint density at radius 1 is 0.958 bits per heavy atom. The average Bonchev–Trinajstić information content (AvgIpc) is 2.55. The minimum Gasteiger partial charge on any atom is -0.350 e. The highest BCUT2D eigenvalue weighted by molar-refractivity contribution is 6.42. The number of amides is 2. The summed E-state index contributed by atoms with van der Waals surface area (Å²) in [6.07, 6.45) is 0. The van der Waals surface area contributed by atoms with Crippen LogP contribution >= 0.6 is 23.2 Å². The van der Waals surface area contributed by atoms with E-state index in [0.717, 1.165) is 0 Å². The number of carbonyl (C=O) groups is 2. The Balaban J connectivity index is 1.84.